The number of piperazine rings is 1. The van der Waals surface area contributed by atoms with E-state index in [1.54, 1.807) is 11.3 Å². The Bertz CT molecular complexity index is 528. The number of thiazole rings is 1. The summed E-state index contributed by atoms with van der Waals surface area (Å²) in [4.78, 5) is 13.5. The number of rotatable bonds is 7. The topological polar surface area (TPSA) is 67.0 Å². The number of aliphatic imine (C=N–C) groups is 1. The van der Waals surface area contributed by atoms with Gasteiger partial charge in [0, 0.05) is 50.9 Å². The molecule has 0 spiro atoms. The molecule has 2 aliphatic rings. The number of nitrogens with two attached hydrogens (primary N) is 1. The number of halogens is 1. The second kappa shape index (κ2) is 11.3. The largest absolute Gasteiger partial charge is 0.378 e. The zero-order valence-corrected chi connectivity index (χ0v) is 18.8. The van der Waals surface area contributed by atoms with Crippen LogP contribution in [0.15, 0.2) is 16.6 Å². The van der Waals surface area contributed by atoms with E-state index in [1.807, 2.05) is 11.6 Å². The molecule has 0 radical (unpaired) electrons. The molecule has 1 unspecified atom stereocenters. The van der Waals surface area contributed by atoms with E-state index in [0.717, 1.165) is 56.8 Å². The average Bonchev–Trinajstić information content (AvgIpc) is 3.34. The summed E-state index contributed by atoms with van der Waals surface area (Å²) in [6.07, 6.45) is 8.52. The number of ether oxygens (including phenoxy) is 1. The molecule has 1 aromatic heterocycles. The van der Waals surface area contributed by atoms with Crippen LogP contribution in [0, 0.1) is 5.92 Å². The first-order chi connectivity index (χ1) is 12.3. The molecule has 0 bridgehead atoms. The van der Waals surface area contributed by atoms with Gasteiger partial charge in [0.2, 0.25) is 0 Å². The molecule has 3 rings (SSSR count). The zero-order chi connectivity index (χ0) is 17.5. The van der Waals surface area contributed by atoms with Crippen LogP contribution in [0.25, 0.3) is 0 Å². The molecule has 1 aliphatic carbocycles. The van der Waals surface area contributed by atoms with Crippen molar-refractivity contribution in [1.29, 1.82) is 0 Å². The van der Waals surface area contributed by atoms with Crippen molar-refractivity contribution < 1.29 is 4.74 Å². The van der Waals surface area contributed by atoms with Crippen molar-refractivity contribution >= 4 is 46.4 Å². The Balaban J connectivity index is 0.00000243. The van der Waals surface area contributed by atoms with E-state index in [2.05, 4.69) is 26.7 Å². The highest BCUT2D eigenvalue weighted by molar-refractivity contribution is 14.0. The molecule has 2 N–H and O–H groups in total. The summed E-state index contributed by atoms with van der Waals surface area (Å²) in [5.74, 6) is 1.40. The van der Waals surface area contributed by atoms with E-state index in [-0.39, 0.29) is 24.0 Å². The SMILES string of the molecule is CCOC(CCN=C(N)N1CCN(c2nccs2)CC1)C1CCCC1.I. The first-order valence-electron chi connectivity index (χ1n) is 9.59. The normalized spacial score (nSPS) is 20.3. The molecule has 1 saturated heterocycles. The summed E-state index contributed by atoms with van der Waals surface area (Å²) in [6.45, 7) is 7.36. The number of hydrogen-bond donors (Lipinski definition) is 1. The van der Waals surface area contributed by atoms with E-state index >= 15 is 0 Å². The Kier molecular flexibility index (Phi) is 9.41. The minimum atomic E-state index is 0. The fourth-order valence-electron chi connectivity index (χ4n) is 3.90. The Hall–Kier alpha value is -0.610. The van der Waals surface area contributed by atoms with Crippen LogP contribution in [-0.2, 0) is 4.74 Å². The summed E-state index contributed by atoms with van der Waals surface area (Å²) in [7, 11) is 0. The van der Waals surface area contributed by atoms with Crippen molar-refractivity contribution in [3.8, 4) is 0 Å². The van der Waals surface area contributed by atoms with Crippen molar-refractivity contribution in [3.05, 3.63) is 11.6 Å². The van der Waals surface area contributed by atoms with E-state index < -0.39 is 0 Å². The first kappa shape index (κ1) is 21.7. The molecule has 26 heavy (non-hydrogen) atoms. The lowest BCUT2D eigenvalue weighted by Crippen LogP contribution is -2.51. The van der Waals surface area contributed by atoms with Crippen LogP contribution in [0.2, 0.25) is 0 Å². The number of nitrogens with zero attached hydrogens (tertiary/aromatic N) is 4. The summed E-state index contributed by atoms with van der Waals surface area (Å²) < 4.78 is 5.97. The Morgan fingerprint density at radius 3 is 2.69 bits per heavy atom. The molecule has 1 atom stereocenters. The highest BCUT2D eigenvalue weighted by Crippen LogP contribution is 2.30. The van der Waals surface area contributed by atoms with Crippen LogP contribution in [0.3, 0.4) is 0 Å². The van der Waals surface area contributed by atoms with Crippen LogP contribution in [-0.4, -0.2) is 61.3 Å². The Morgan fingerprint density at radius 1 is 1.35 bits per heavy atom. The van der Waals surface area contributed by atoms with Gasteiger partial charge in [0.1, 0.15) is 0 Å². The van der Waals surface area contributed by atoms with E-state index in [4.69, 9.17) is 10.5 Å². The van der Waals surface area contributed by atoms with Gasteiger partial charge in [-0.3, -0.25) is 4.99 Å². The van der Waals surface area contributed by atoms with Crippen LogP contribution in [0.4, 0.5) is 5.13 Å². The van der Waals surface area contributed by atoms with Crippen molar-refractivity contribution in [2.24, 2.45) is 16.6 Å². The lowest BCUT2D eigenvalue weighted by atomic mass is 9.98. The van der Waals surface area contributed by atoms with E-state index in [9.17, 15) is 0 Å². The molecule has 1 aliphatic heterocycles. The predicted molar refractivity (Wildman–Crippen MR) is 120 cm³/mol. The lowest BCUT2D eigenvalue weighted by Gasteiger charge is -2.35. The highest BCUT2D eigenvalue weighted by Gasteiger charge is 2.25. The molecule has 1 saturated carbocycles. The second-order valence-corrected chi connectivity index (χ2v) is 7.73. The highest BCUT2D eigenvalue weighted by atomic mass is 127. The van der Waals surface area contributed by atoms with Gasteiger partial charge in [-0.1, -0.05) is 12.8 Å². The van der Waals surface area contributed by atoms with Gasteiger partial charge in [-0.2, -0.15) is 0 Å². The molecule has 2 heterocycles. The van der Waals surface area contributed by atoms with Crippen molar-refractivity contribution in [2.75, 3.05) is 44.2 Å². The van der Waals surface area contributed by atoms with Gasteiger partial charge < -0.3 is 20.3 Å². The van der Waals surface area contributed by atoms with Gasteiger partial charge in [0.25, 0.3) is 0 Å². The molecule has 148 valence electrons. The third kappa shape index (κ3) is 5.95. The maximum absolute atomic E-state index is 6.23. The van der Waals surface area contributed by atoms with Gasteiger partial charge in [0.05, 0.1) is 6.10 Å². The first-order valence-corrected chi connectivity index (χ1v) is 10.5. The molecule has 1 aromatic rings. The van der Waals surface area contributed by atoms with Gasteiger partial charge in [0.15, 0.2) is 11.1 Å². The molecule has 8 heteroatoms. The summed E-state index contributed by atoms with van der Waals surface area (Å²) in [5, 5.41) is 3.13. The predicted octanol–water partition coefficient (Wildman–Crippen LogP) is 3.18. The monoisotopic (exact) mass is 493 g/mol. The van der Waals surface area contributed by atoms with Gasteiger partial charge >= 0.3 is 0 Å². The van der Waals surface area contributed by atoms with Gasteiger partial charge in [-0.05, 0) is 32.1 Å². The maximum atomic E-state index is 6.23. The molecule has 0 aromatic carbocycles. The minimum absolute atomic E-state index is 0. The number of aromatic nitrogens is 1. The number of guanidine groups is 1. The van der Waals surface area contributed by atoms with Crippen LogP contribution in [0.1, 0.15) is 39.0 Å². The molecular weight excluding hydrogens is 461 g/mol. The fraction of sp³-hybridized carbons (Fsp3) is 0.778. The maximum Gasteiger partial charge on any atom is 0.191 e. The second-order valence-electron chi connectivity index (χ2n) is 6.86. The smallest absolute Gasteiger partial charge is 0.191 e. The number of anilines is 1. The lowest BCUT2D eigenvalue weighted by molar-refractivity contribution is 0.0177. The van der Waals surface area contributed by atoms with Gasteiger partial charge in [-0.15, -0.1) is 35.3 Å². The molecule has 0 amide bonds. The molecule has 2 fully saturated rings. The third-order valence-electron chi connectivity index (χ3n) is 5.29. The standard InChI is InChI=1S/C18H31N5OS.HI/c1-2-24-16(15-5-3-4-6-15)7-8-20-17(19)22-10-12-23(13-11-22)18-21-9-14-25-18;/h9,14-16H,2-8,10-13H2,1H3,(H2,19,20);1H. The summed E-state index contributed by atoms with van der Waals surface area (Å²) in [6, 6.07) is 0. The molecular formula is C18H32IN5OS. The average molecular weight is 493 g/mol. The Morgan fingerprint density at radius 2 is 2.08 bits per heavy atom. The quantitative estimate of drug-likeness (QED) is 0.359. The van der Waals surface area contributed by atoms with Crippen molar-refractivity contribution in [3.63, 3.8) is 0 Å². The van der Waals surface area contributed by atoms with E-state index in [0.29, 0.717) is 12.1 Å². The van der Waals surface area contributed by atoms with Crippen LogP contribution < -0.4 is 10.6 Å². The molecule has 6 nitrogen and oxygen atoms in total. The summed E-state index contributed by atoms with van der Waals surface area (Å²) in [5.41, 5.74) is 6.23. The zero-order valence-electron chi connectivity index (χ0n) is 15.7. The van der Waals surface area contributed by atoms with Crippen molar-refractivity contribution in [1.82, 2.24) is 9.88 Å². The number of hydrogen-bond acceptors (Lipinski definition) is 5. The van der Waals surface area contributed by atoms with E-state index in [1.165, 1.54) is 25.7 Å². The van der Waals surface area contributed by atoms with Gasteiger partial charge in [-0.25, -0.2) is 4.98 Å². The minimum Gasteiger partial charge on any atom is -0.378 e. The van der Waals surface area contributed by atoms with Crippen LogP contribution in [0.5, 0.6) is 0 Å². The fourth-order valence-corrected chi connectivity index (χ4v) is 4.60. The van der Waals surface area contributed by atoms with Crippen LogP contribution >= 0.6 is 35.3 Å². The Labute approximate surface area is 178 Å². The summed E-state index contributed by atoms with van der Waals surface area (Å²) >= 11 is 1.69. The van der Waals surface area contributed by atoms with Crippen molar-refractivity contribution in [2.45, 2.75) is 45.1 Å². The third-order valence-corrected chi connectivity index (χ3v) is 6.12.